The van der Waals surface area contributed by atoms with Crippen LogP contribution in [0.25, 0.3) is 0 Å². The minimum absolute atomic E-state index is 0.212. The van der Waals surface area contributed by atoms with Crippen molar-refractivity contribution in [1.29, 1.82) is 0 Å². The van der Waals surface area contributed by atoms with Crippen LogP contribution in [0.4, 0.5) is 14.9 Å². The summed E-state index contributed by atoms with van der Waals surface area (Å²) in [6.07, 6.45) is 1.54. The molecule has 0 aliphatic carbocycles. The van der Waals surface area contributed by atoms with Crippen molar-refractivity contribution in [2.24, 2.45) is 5.73 Å². The molecule has 0 atom stereocenters. The van der Waals surface area contributed by atoms with E-state index in [0.717, 1.165) is 6.42 Å². The Hall–Kier alpha value is -1.62. The van der Waals surface area contributed by atoms with Gasteiger partial charge in [-0.15, -0.1) is 0 Å². The lowest BCUT2D eigenvalue weighted by atomic mass is 10.2. The van der Waals surface area contributed by atoms with Gasteiger partial charge in [0.05, 0.1) is 0 Å². The zero-order valence-corrected chi connectivity index (χ0v) is 10.7. The van der Waals surface area contributed by atoms with Crippen LogP contribution in [0.1, 0.15) is 19.8 Å². The largest absolute Gasteiger partial charge is 0.338 e. The summed E-state index contributed by atoms with van der Waals surface area (Å²) in [6, 6.07) is 5.80. The maximum atomic E-state index is 13.2. The van der Waals surface area contributed by atoms with Crippen LogP contribution in [0.2, 0.25) is 0 Å². The maximum Gasteiger partial charge on any atom is 0.321 e. The topological polar surface area (TPSA) is 58.4 Å². The van der Waals surface area contributed by atoms with Gasteiger partial charge in [0.2, 0.25) is 0 Å². The number of anilines is 1. The molecule has 0 aliphatic heterocycles. The number of carbonyl (C=O) groups is 1. The molecule has 0 spiro atoms. The number of halogens is 1. The average molecular weight is 253 g/mol. The molecule has 3 N–H and O–H groups in total. The normalized spacial score (nSPS) is 10.2. The predicted octanol–water partition coefficient (Wildman–Crippen LogP) is 2.10. The van der Waals surface area contributed by atoms with E-state index in [4.69, 9.17) is 5.73 Å². The second-order valence-electron chi connectivity index (χ2n) is 4.01. The number of hydrogen-bond acceptors (Lipinski definition) is 2. The number of hydrogen-bond donors (Lipinski definition) is 2. The third kappa shape index (κ3) is 4.33. The molecule has 0 bridgehead atoms. The van der Waals surface area contributed by atoms with Crippen molar-refractivity contribution in [2.45, 2.75) is 19.8 Å². The number of urea groups is 1. The lowest BCUT2D eigenvalue weighted by Crippen LogP contribution is -2.41. The lowest BCUT2D eigenvalue weighted by Gasteiger charge is -2.23. The average Bonchev–Trinajstić information content (AvgIpc) is 2.37. The number of nitrogens with zero attached hydrogens (tertiary/aromatic N) is 1. The van der Waals surface area contributed by atoms with Crippen LogP contribution < -0.4 is 16.0 Å². The Bertz CT molecular complexity index is 384. The van der Waals surface area contributed by atoms with Crippen molar-refractivity contribution in [3.05, 3.63) is 30.1 Å². The van der Waals surface area contributed by atoms with E-state index in [-0.39, 0.29) is 11.8 Å². The van der Waals surface area contributed by atoms with Crippen molar-refractivity contribution < 1.29 is 9.18 Å². The highest BCUT2D eigenvalue weighted by Gasteiger charge is 2.14. The Morgan fingerprint density at radius 2 is 2.28 bits per heavy atom. The van der Waals surface area contributed by atoms with Crippen LogP contribution in [0.5, 0.6) is 0 Å². The van der Waals surface area contributed by atoms with Gasteiger partial charge in [-0.25, -0.2) is 9.18 Å². The number of amides is 2. The Balaban J connectivity index is 2.80. The molecule has 0 aliphatic rings. The highest BCUT2D eigenvalue weighted by atomic mass is 19.1. The summed E-state index contributed by atoms with van der Waals surface area (Å²) in [5.41, 5.74) is 6.01. The van der Waals surface area contributed by atoms with Crippen molar-refractivity contribution in [1.82, 2.24) is 5.32 Å². The molecular weight excluding hydrogens is 233 g/mol. The van der Waals surface area contributed by atoms with Crippen LogP contribution in [0, 0.1) is 5.82 Å². The fourth-order valence-corrected chi connectivity index (χ4v) is 1.57. The molecule has 1 aromatic rings. The Kier molecular flexibility index (Phi) is 6.14. The smallest absolute Gasteiger partial charge is 0.321 e. The van der Waals surface area contributed by atoms with Gasteiger partial charge in [-0.3, -0.25) is 4.90 Å². The van der Waals surface area contributed by atoms with E-state index in [1.165, 1.54) is 17.0 Å². The Morgan fingerprint density at radius 1 is 1.50 bits per heavy atom. The number of benzene rings is 1. The van der Waals surface area contributed by atoms with Crippen LogP contribution in [0.3, 0.4) is 0 Å². The van der Waals surface area contributed by atoms with E-state index in [1.54, 1.807) is 12.1 Å². The molecule has 4 nitrogen and oxygen atoms in total. The third-order valence-corrected chi connectivity index (χ3v) is 2.48. The summed E-state index contributed by atoms with van der Waals surface area (Å²) in [5.74, 6) is -0.353. The minimum atomic E-state index is -0.353. The first-order valence-corrected chi connectivity index (χ1v) is 6.20. The summed E-state index contributed by atoms with van der Waals surface area (Å²) in [4.78, 5) is 13.5. The summed E-state index contributed by atoms with van der Waals surface area (Å²) in [7, 11) is 0. The van der Waals surface area contributed by atoms with E-state index in [9.17, 15) is 9.18 Å². The van der Waals surface area contributed by atoms with Gasteiger partial charge in [-0.2, -0.15) is 0 Å². The first-order valence-electron chi connectivity index (χ1n) is 6.20. The van der Waals surface area contributed by atoms with Gasteiger partial charge in [-0.1, -0.05) is 13.0 Å². The fraction of sp³-hybridized carbons (Fsp3) is 0.462. The molecule has 5 heteroatoms. The molecule has 0 saturated heterocycles. The van der Waals surface area contributed by atoms with E-state index in [0.29, 0.717) is 31.7 Å². The predicted molar refractivity (Wildman–Crippen MR) is 71.1 cm³/mol. The molecule has 1 rings (SSSR count). The molecule has 1 aromatic carbocycles. The monoisotopic (exact) mass is 253 g/mol. The number of carbonyl (C=O) groups excluding carboxylic acids is 1. The molecule has 0 saturated carbocycles. The lowest BCUT2D eigenvalue weighted by molar-refractivity contribution is 0.246. The highest BCUT2D eigenvalue weighted by Crippen LogP contribution is 2.16. The van der Waals surface area contributed by atoms with Crippen molar-refractivity contribution in [3.63, 3.8) is 0 Å². The summed E-state index contributed by atoms with van der Waals surface area (Å²) >= 11 is 0. The first kappa shape index (κ1) is 14.4. The Morgan fingerprint density at radius 3 is 2.89 bits per heavy atom. The van der Waals surface area contributed by atoms with Crippen LogP contribution in [-0.2, 0) is 0 Å². The van der Waals surface area contributed by atoms with E-state index >= 15 is 0 Å². The standard InChI is InChI=1S/C13H20FN3O/c1-2-8-16-13(18)17(9-4-7-15)12-6-3-5-11(14)10-12/h3,5-6,10H,2,4,7-9,15H2,1H3,(H,16,18). The van der Waals surface area contributed by atoms with E-state index in [1.807, 2.05) is 6.92 Å². The van der Waals surface area contributed by atoms with E-state index in [2.05, 4.69) is 5.32 Å². The highest BCUT2D eigenvalue weighted by molar-refractivity contribution is 5.91. The van der Waals surface area contributed by atoms with Gasteiger partial charge in [0.25, 0.3) is 0 Å². The molecule has 0 unspecified atom stereocenters. The molecule has 18 heavy (non-hydrogen) atoms. The maximum absolute atomic E-state index is 13.2. The molecule has 0 fully saturated rings. The van der Waals surface area contributed by atoms with Gasteiger partial charge in [-0.05, 0) is 37.6 Å². The number of nitrogens with two attached hydrogens (primary N) is 1. The fourth-order valence-electron chi connectivity index (χ4n) is 1.57. The molecule has 0 aromatic heterocycles. The number of rotatable bonds is 6. The van der Waals surface area contributed by atoms with Gasteiger partial charge < -0.3 is 11.1 Å². The minimum Gasteiger partial charge on any atom is -0.338 e. The van der Waals surface area contributed by atoms with Crippen LogP contribution in [-0.4, -0.2) is 25.7 Å². The van der Waals surface area contributed by atoms with Gasteiger partial charge in [0, 0.05) is 18.8 Å². The van der Waals surface area contributed by atoms with Crippen molar-refractivity contribution in [2.75, 3.05) is 24.5 Å². The summed E-state index contributed by atoms with van der Waals surface area (Å²) in [5, 5.41) is 2.78. The first-order chi connectivity index (χ1) is 8.69. The summed E-state index contributed by atoms with van der Waals surface area (Å²) in [6.45, 7) is 3.56. The van der Waals surface area contributed by atoms with E-state index < -0.39 is 0 Å². The molecule has 100 valence electrons. The van der Waals surface area contributed by atoms with Crippen molar-refractivity contribution >= 4 is 11.7 Å². The molecular formula is C13H20FN3O. The molecule has 0 radical (unpaired) electrons. The summed E-state index contributed by atoms with van der Waals surface area (Å²) < 4.78 is 13.2. The van der Waals surface area contributed by atoms with Crippen LogP contribution >= 0.6 is 0 Å². The zero-order chi connectivity index (χ0) is 13.4. The Labute approximate surface area is 107 Å². The van der Waals surface area contributed by atoms with Crippen LogP contribution in [0.15, 0.2) is 24.3 Å². The van der Waals surface area contributed by atoms with Gasteiger partial charge in [0.1, 0.15) is 5.82 Å². The number of nitrogens with one attached hydrogen (secondary N) is 1. The zero-order valence-electron chi connectivity index (χ0n) is 10.7. The SMILES string of the molecule is CCCNC(=O)N(CCCN)c1cccc(F)c1. The molecule has 0 heterocycles. The second-order valence-corrected chi connectivity index (χ2v) is 4.01. The molecule has 2 amide bonds. The van der Waals surface area contributed by atoms with Gasteiger partial charge in [0.15, 0.2) is 0 Å². The van der Waals surface area contributed by atoms with Crippen molar-refractivity contribution in [3.8, 4) is 0 Å². The van der Waals surface area contributed by atoms with Gasteiger partial charge >= 0.3 is 6.03 Å². The third-order valence-electron chi connectivity index (χ3n) is 2.48. The second kappa shape index (κ2) is 7.66. The quantitative estimate of drug-likeness (QED) is 0.815.